The Morgan fingerprint density at radius 3 is 2.91 bits per heavy atom. The number of benzene rings is 1. The number of carbonyl (C=O) groups is 2. The zero-order valence-corrected chi connectivity index (χ0v) is 14.1. The number of nitrogens with one attached hydrogen (secondary N) is 3. The molecule has 0 spiro atoms. The third kappa shape index (κ3) is 4.86. The molecule has 1 aliphatic heterocycles. The highest BCUT2D eigenvalue weighted by molar-refractivity contribution is 7.97. The van der Waals surface area contributed by atoms with Crippen LogP contribution < -0.4 is 16.0 Å². The Labute approximate surface area is 139 Å². The molecule has 0 aliphatic carbocycles. The molecule has 2 rings (SSSR count). The van der Waals surface area contributed by atoms with Crippen molar-refractivity contribution in [1.82, 2.24) is 16.0 Å². The maximum atomic E-state index is 13.3. The van der Waals surface area contributed by atoms with Gasteiger partial charge in [-0.3, -0.25) is 4.79 Å². The minimum absolute atomic E-state index is 0.104. The van der Waals surface area contributed by atoms with Gasteiger partial charge in [-0.05, 0) is 41.9 Å². The molecule has 2 atom stereocenters. The van der Waals surface area contributed by atoms with Crippen molar-refractivity contribution in [2.75, 3.05) is 12.8 Å². The smallest absolute Gasteiger partial charge is 0.315 e. The van der Waals surface area contributed by atoms with E-state index in [1.54, 1.807) is 17.8 Å². The van der Waals surface area contributed by atoms with Gasteiger partial charge in [0.15, 0.2) is 0 Å². The Morgan fingerprint density at radius 2 is 2.22 bits per heavy atom. The van der Waals surface area contributed by atoms with Gasteiger partial charge in [-0.2, -0.15) is 11.8 Å². The Bertz CT molecular complexity index is 582. The molecule has 5 nitrogen and oxygen atoms in total. The number of amides is 3. The van der Waals surface area contributed by atoms with Gasteiger partial charge in [-0.1, -0.05) is 13.0 Å². The van der Waals surface area contributed by atoms with E-state index in [1.807, 2.05) is 13.2 Å². The molecule has 0 aromatic heterocycles. The van der Waals surface area contributed by atoms with Crippen LogP contribution in [-0.4, -0.2) is 30.8 Å². The average molecular weight is 339 g/mol. The van der Waals surface area contributed by atoms with Crippen LogP contribution in [0.2, 0.25) is 0 Å². The second-order valence-corrected chi connectivity index (χ2v) is 6.57. The summed E-state index contributed by atoms with van der Waals surface area (Å²) in [5.74, 6) is 0.351. The summed E-state index contributed by atoms with van der Waals surface area (Å²) in [6.07, 6.45) is 2.78. The summed E-state index contributed by atoms with van der Waals surface area (Å²) in [5.41, 5.74) is 1.73. The lowest BCUT2D eigenvalue weighted by Gasteiger charge is -2.29. The molecule has 1 aromatic rings. The topological polar surface area (TPSA) is 70.2 Å². The van der Waals surface area contributed by atoms with Crippen molar-refractivity contribution in [3.63, 3.8) is 0 Å². The van der Waals surface area contributed by atoms with Crippen molar-refractivity contribution in [2.24, 2.45) is 5.92 Å². The molecule has 0 bridgehead atoms. The number of hydrogen-bond donors (Lipinski definition) is 3. The molecule has 1 fully saturated rings. The Balaban J connectivity index is 1.92. The SMILES string of the molecule is CSCc1cc(F)ccc1CNC(=O)N[C@H]1C(=O)NCC[C@@H]1C. The van der Waals surface area contributed by atoms with Crippen LogP contribution in [0.3, 0.4) is 0 Å². The van der Waals surface area contributed by atoms with Gasteiger partial charge in [0.1, 0.15) is 11.9 Å². The highest BCUT2D eigenvalue weighted by atomic mass is 32.2. The number of piperidine rings is 1. The molecule has 7 heteroatoms. The Morgan fingerprint density at radius 1 is 1.43 bits per heavy atom. The van der Waals surface area contributed by atoms with Gasteiger partial charge in [0.25, 0.3) is 0 Å². The number of halogens is 1. The van der Waals surface area contributed by atoms with E-state index in [4.69, 9.17) is 0 Å². The summed E-state index contributed by atoms with van der Waals surface area (Å²) in [6.45, 7) is 2.89. The highest BCUT2D eigenvalue weighted by Gasteiger charge is 2.29. The number of thioether (sulfide) groups is 1. The van der Waals surface area contributed by atoms with Gasteiger partial charge in [-0.15, -0.1) is 0 Å². The molecule has 23 heavy (non-hydrogen) atoms. The van der Waals surface area contributed by atoms with Crippen molar-refractivity contribution in [3.05, 3.63) is 35.1 Å². The van der Waals surface area contributed by atoms with E-state index in [9.17, 15) is 14.0 Å². The molecule has 0 radical (unpaired) electrons. The molecule has 1 aliphatic rings. The minimum Gasteiger partial charge on any atom is -0.354 e. The number of hydrogen-bond acceptors (Lipinski definition) is 3. The van der Waals surface area contributed by atoms with Crippen LogP contribution in [0, 0.1) is 11.7 Å². The number of rotatable bonds is 5. The third-order valence-corrected chi connectivity index (χ3v) is 4.54. The predicted octanol–water partition coefficient (Wildman–Crippen LogP) is 2.01. The molecule has 3 amide bonds. The van der Waals surface area contributed by atoms with Crippen LogP contribution in [0.5, 0.6) is 0 Å². The van der Waals surface area contributed by atoms with Crippen molar-refractivity contribution in [1.29, 1.82) is 0 Å². The average Bonchev–Trinajstić information content (AvgIpc) is 2.51. The quantitative estimate of drug-likeness (QED) is 0.769. The summed E-state index contributed by atoms with van der Waals surface area (Å²) in [7, 11) is 0. The first-order valence-electron chi connectivity index (χ1n) is 7.59. The number of urea groups is 1. The van der Waals surface area contributed by atoms with Crippen LogP contribution >= 0.6 is 11.8 Å². The fourth-order valence-electron chi connectivity index (χ4n) is 2.59. The molecule has 0 saturated carbocycles. The van der Waals surface area contributed by atoms with Crippen LogP contribution in [-0.2, 0) is 17.1 Å². The molecule has 1 aromatic carbocycles. The zero-order chi connectivity index (χ0) is 16.8. The van der Waals surface area contributed by atoms with Gasteiger partial charge >= 0.3 is 6.03 Å². The lowest BCUT2D eigenvalue weighted by Crippen LogP contribution is -2.56. The summed E-state index contributed by atoms with van der Waals surface area (Å²) in [5, 5.41) is 8.20. The first-order chi connectivity index (χ1) is 11.0. The van der Waals surface area contributed by atoms with Gasteiger partial charge in [0.05, 0.1) is 0 Å². The minimum atomic E-state index is -0.511. The zero-order valence-electron chi connectivity index (χ0n) is 13.3. The lowest BCUT2D eigenvalue weighted by molar-refractivity contribution is -0.125. The molecule has 0 unspecified atom stereocenters. The van der Waals surface area contributed by atoms with Crippen LogP contribution in [0.25, 0.3) is 0 Å². The number of carbonyl (C=O) groups excluding carboxylic acids is 2. The van der Waals surface area contributed by atoms with E-state index in [2.05, 4.69) is 16.0 Å². The third-order valence-electron chi connectivity index (χ3n) is 3.94. The molecular weight excluding hydrogens is 317 g/mol. The summed E-state index contributed by atoms with van der Waals surface area (Å²) < 4.78 is 13.3. The van der Waals surface area contributed by atoms with Crippen LogP contribution in [0.15, 0.2) is 18.2 Å². The van der Waals surface area contributed by atoms with E-state index in [-0.39, 0.29) is 17.6 Å². The van der Waals surface area contributed by atoms with Crippen molar-refractivity contribution >= 4 is 23.7 Å². The standard InChI is InChI=1S/C16H22FN3O2S/c1-10-5-6-18-15(21)14(10)20-16(22)19-8-11-3-4-13(17)7-12(11)9-23-2/h3-4,7,10,14H,5-6,8-9H2,1-2H3,(H,18,21)(H2,19,20,22)/t10-,14+/m0/s1. The van der Waals surface area contributed by atoms with E-state index in [0.717, 1.165) is 17.5 Å². The van der Waals surface area contributed by atoms with Crippen molar-refractivity contribution in [3.8, 4) is 0 Å². The van der Waals surface area contributed by atoms with E-state index < -0.39 is 12.1 Å². The van der Waals surface area contributed by atoms with E-state index in [1.165, 1.54) is 12.1 Å². The van der Waals surface area contributed by atoms with Crippen LogP contribution in [0.4, 0.5) is 9.18 Å². The lowest BCUT2D eigenvalue weighted by atomic mass is 9.94. The monoisotopic (exact) mass is 339 g/mol. The Hall–Kier alpha value is -1.76. The summed E-state index contributed by atoms with van der Waals surface area (Å²) in [4.78, 5) is 23.8. The fourth-order valence-corrected chi connectivity index (χ4v) is 3.17. The van der Waals surface area contributed by atoms with Crippen LogP contribution in [0.1, 0.15) is 24.5 Å². The van der Waals surface area contributed by atoms with Crippen molar-refractivity contribution in [2.45, 2.75) is 31.7 Å². The molecule has 3 N–H and O–H groups in total. The summed E-state index contributed by atoms with van der Waals surface area (Å²) in [6, 6.07) is 3.65. The fraction of sp³-hybridized carbons (Fsp3) is 0.500. The maximum absolute atomic E-state index is 13.3. The summed E-state index contributed by atoms with van der Waals surface area (Å²) >= 11 is 1.59. The largest absolute Gasteiger partial charge is 0.354 e. The molecule has 1 saturated heterocycles. The first-order valence-corrected chi connectivity index (χ1v) is 8.99. The van der Waals surface area contributed by atoms with Crippen molar-refractivity contribution < 1.29 is 14.0 Å². The normalized spacial score (nSPS) is 20.7. The van der Waals surface area contributed by atoms with Gasteiger partial charge in [-0.25, -0.2) is 9.18 Å². The molecule has 126 valence electrons. The van der Waals surface area contributed by atoms with Gasteiger partial charge < -0.3 is 16.0 Å². The molecule has 1 heterocycles. The van der Waals surface area contributed by atoms with Gasteiger partial charge in [0, 0.05) is 18.8 Å². The maximum Gasteiger partial charge on any atom is 0.315 e. The second-order valence-electron chi connectivity index (χ2n) is 5.71. The molecular formula is C16H22FN3O2S. The van der Waals surface area contributed by atoms with Gasteiger partial charge in [0.2, 0.25) is 5.91 Å². The Kier molecular flexibility index (Phi) is 6.27. The van der Waals surface area contributed by atoms with E-state index >= 15 is 0 Å². The van der Waals surface area contributed by atoms with E-state index in [0.29, 0.717) is 18.8 Å². The second kappa shape index (κ2) is 8.19. The first kappa shape index (κ1) is 17.6. The predicted molar refractivity (Wildman–Crippen MR) is 89.6 cm³/mol. The highest BCUT2D eigenvalue weighted by Crippen LogP contribution is 2.17.